The molecule has 0 unspecified atom stereocenters. The summed E-state index contributed by atoms with van der Waals surface area (Å²) in [5.74, 6) is -0.422. The minimum atomic E-state index is -4.34. The van der Waals surface area contributed by atoms with E-state index in [1.807, 2.05) is 37.3 Å². The van der Waals surface area contributed by atoms with E-state index in [4.69, 9.17) is 32.7 Å². The molecule has 12 heteroatoms. The fraction of sp³-hybridized carbons (Fsp3) is 0.257. The number of anilines is 1. The molecule has 248 valence electrons. The van der Waals surface area contributed by atoms with E-state index in [1.165, 1.54) is 37.3 Å². The van der Waals surface area contributed by atoms with Crippen LogP contribution in [0.5, 0.6) is 11.5 Å². The molecule has 4 aromatic carbocycles. The lowest BCUT2D eigenvalue weighted by Gasteiger charge is -2.34. The molecule has 0 saturated carbocycles. The number of nitrogens with zero attached hydrogens (tertiary/aromatic N) is 2. The zero-order valence-corrected chi connectivity index (χ0v) is 28.9. The van der Waals surface area contributed by atoms with Crippen molar-refractivity contribution in [1.29, 1.82) is 0 Å². The minimum Gasteiger partial charge on any atom is -0.493 e. The molecule has 0 spiro atoms. The zero-order valence-electron chi connectivity index (χ0n) is 26.6. The van der Waals surface area contributed by atoms with Crippen molar-refractivity contribution in [2.75, 3.05) is 31.6 Å². The summed E-state index contributed by atoms with van der Waals surface area (Å²) in [6, 6.07) is 24.3. The molecule has 0 fully saturated rings. The molecule has 9 nitrogen and oxygen atoms in total. The summed E-state index contributed by atoms with van der Waals surface area (Å²) in [6.45, 7) is 3.36. The Balaban J connectivity index is 1.83. The summed E-state index contributed by atoms with van der Waals surface area (Å²) in [5, 5.41) is 3.46. The van der Waals surface area contributed by atoms with Crippen LogP contribution >= 0.6 is 23.2 Å². The maximum atomic E-state index is 14.5. The predicted octanol–water partition coefficient (Wildman–Crippen LogP) is 6.29. The molecule has 0 bridgehead atoms. The van der Waals surface area contributed by atoms with Crippen LogP contribution in [0, 0.1) is 6.92 Å². The SMILES string of the molecule is CCNC(=O)[C@H](Cc1ccccc1)N(Cc1ccc(Cl)c(Cl)c1)C(=O)CN(c1ccc(C)cc1)S(=O)(=O)c1ccc(OC)c(OC)c1. The Morgan fingerprint density at radius 3 is 2.13 bits per heavy atom. The van der Waals surface area contributed by atoms with E-state index in [1.54, 1.807) is 49.4 Å². The Labute approximate surface area is 286 Å². The largest absolute Gasteiger partial charge is 0.493 e. The van der Waals surface area contributed by atoms with Gasteiger partial charge < -0.3 is 19.7 Å². The second-order valence-corrected chi connectivity index (χ2v) is 13.4. The van der Waals surface area contributed by atoms with Gasteiger partial charge in [0.25, 0.3) is 10.0 Å². The van der Waals surface area contributed by atoms with E-state index in [-0.39, 0.29) is 40.2 Å². The van der Waals surface area contributed by atoms with Gasteiger partial charge in [-0.15, -0.1) is 0 Å². The van der Waals surface area contributed by atoms with Crippen LogP contribution in [0.1, 0.15) is 23.6 Å². The quantitative estimate of drug-likeness (QED) is 0.166. The molecule has 47 heavy (non-hydrogen) atoms. The Morgan fingerprint density at radius 1 is 0.830 bits per heavy atom. The Hall–Kier alpha value is -4.25. The molecule has 0 heterocycles. The fourth-order valence-corrected chi connectivity index (χ4v) is 6.78. The number of aryl methyl sites for hydroxylation is 1. The van der Waals surface area contributed by atoms with Crippen molar-refractivity contribution in [2.24, 2.45) is 0 Å². The molecular weight excluding hydrogens is 661 g/mol. The van der Waals surface area contributed by atoms with Crippen molar-refractivity contribution in [3.8, 4) is 11.5 Å². The molecular formula is C35H37Cl2N3O6S. The van der Waals surface area contributed by atoms with Gasteiger partial charge in [-0.25, -0.2) is 8.42 Å². The van der Waals surface area contributed by atoms with E-state index in [0.717, 1.165) is 15.4 Å². The first-order chi connectivity index (χ1) is 22.5. The van der Waals surface area contributed by atoms with Gasteiger partial charge in [0, 0.05) is 25.6 Å². The normalized spacial score (nSPS) is 11.8. The lowest BCUT2D eigenvalue weighted by molar-refractivity contribution is -0.140. The number of nitrogens with one attached hydrogen (secondary N) is 1. The van der Waals surface area contributed by atoms with Crippen LogP contribution in [-0.2, 0) is 32.6 Å². The van der Waals surface area contributed by atoms with Crippen molar-refractivity contribution >= 4 is 50.7 Å². The molecule has 4 aromatic rings. The molecule has 1 N–H and O–H groups in total. The zero-order chi connectivity index (χ0) is 34.1. The van der Waals surface area contributed by atoms with E-state index in [9.17, 15) is 18.0 Å². The smallest absolute Gasteiger partial charge is 0.264 e. The Morgan fingerprint density at radius 2 is 1.51 bits per heavy atom. The van der Waals surface area contributed by atoms with Crippen molar-refractivity contribution in [3.63, 3.8) is 0 Å². The number of likely N-dealkylation sites (N-methyl/N-ethyl adjacent to an activating group) is 1. The number of hydrogen-bond acceptors (Lipinski definition) is 6. The summed E-state index contributed by atoms with van der Waals surface area (Å²) in [4.78, 5) is 29.5. The molecule has 0 aromatic heterocycles. The van der Waals surface area contributed by atoms with Crippen LogP contribution in [0.15, 0.2) is 95.9 Å². The maximum Gasteiger partial charge on any atom is 0.264 e. The summed E-state index contributed by atoms with van der Waals surface area (Å²) >= 11 is 12.5. The number of halogens is 2. The van der Waals surface area contributed by atoms with Gasteiger partial charge in [0.05, 0.1) is 34.8 Å². The highest BCUT2D eigenvalue weighted by Gasteiger charge is 2.35. The second-order valence-electron chi connectivity index (χ2n) is 10.7. The molecule has 2 amide bonds. The maximum absolute atomic E-state index is 14.5. The topological polar surface area (TPSA) is 105 Å². The Bertz CT molecular complexity index is 1800. The molecule has 0 aliphatic heterocycles. The number of sulfonamides is 1. The molecule has 0 radical (unpaired) electrons. The van der Waals surface area contributed by atoms with E-state index < -0.39 is 28.5 Å². The second kappa shape index (κ2) is 16.0. The number of rotatable bonds is 14. The molecule has 0 aliphatic rings. The summed E-state index contributed by atoms with van der Waals surface area (Å²) in [5.41, 5.74) is 2.61. The third kappa shape index (κ3) is 8.77. The van der Waals surface area contributed by atoms with E-state index in [0.29, 0.717) is 22.9 Å². The van der Waals surface area contributed by atoms with E-state index >= 15 is 0 Å². The fourth-order valence-electron chi connectivity index (χ4n) is 5.02. The first kappa shape index (κ1) is 35.6. The average Bonchev–Trinajstić information content (AvgIpc) is 3.07. The lowest BCUT2D eigenvalue weighted by atomic mass is 10.0. The standard InChI is InChI=1S/C35H37Cl2N3O6S/c1-5-38-35(42)31(20-25-9-7-6-8-10-25)39(22-26-13-17-29(36)30(37)19-26)34(41)23-40(27-14-11-24(2)12-15-27)47(43,44)28-16-18-32(45-3)33(21-28)46-4/h6-19,21,31H,5,20,22-23H2,1-4H3,(H,38,42)/t31-/m0/s1. The van der Waals surface area contributed by atoms with Gasteiger partial charge in [-0.05, 0) is 61.4 Å². The minimum absolute atomic E-state index is 0.0392. The van der Waals surface area contributed by atoms with Gasteiger partial charge in [-0.2, -0.15) is 0 Å². The molecule has 1 atom stereocenters. The van der Waals surface area contributed by atoms with Crippen LogP contribution in [0.3, 0.4) is 0 Å². The number of carbonyl (C=O) groups excluding carboxylic acids is 2. The lowest BCUT2D eigenvalue weighted by Crippen LogP contribution is -2.53. The number of ether oxygens (including phenoxy) is 2. The van der Waals surface area contributed by atoms with E-state index in [2.05, 4.69) is 5.32 Å². The monoisotopic (exact) mass is 697 g/mol. The predicted molar refractivity (Wildman–Crippen MR) is 185 cm³/mol. The van der Waals surface area contributed by atoms with Crippen LogP contribution in [0.2, 0.25) is 10.0 Å². The van der Waals surface area contributed by atoms with Crippen LogP contribution in [0.25, 0.3) is 0 Å². The number of amides is 2. The highest BCUT2D eigenvalue weighted by Crippen LogP contribution is 2.33. The van der Waals surface area contributed by atoms with Crippen LogP contribution in [0.4, 0.5) is 5.69 Å². The van der Waals surface area contributed by atoms with Gasteiger partial charge in [0.1, 0.15) is 12.6 Å². The third-order valence-corrected chi connectivity index (χ3v) is 10.0. The third-order valence-electron chi connectivity index (χ3n) is 7.50. The van der Waals surface area contributed by atoms with Crippen molar-refractivity contribution in [1.82, 2.24) is 10.2 Å². The first-order valence-corrected chi connectivity index (χ1v) is 17.0. The number of hydrogen-bond donors (Lipinski definition) is 1. The van der Waals surface area contributed by atoms with Crippen LogP contribution < -0.4 is 19.1 Å². The summed E-state index contributed by atoms with van der Waals surface area (Å²) in [7, 11) is -1.48. The number of carbonyl (C=O) groups is 2. The summed E-state index contributed by atoms with van der Waals surface area (Å²) < 4.78 is 40.4. The summed E-state index contributed by atoms with van der Waals surface area (Å²) in [6.07, 6.45) is 0.187. The van der Waals surface area contributed by atoms with Crippen molar-refractivity contribution in [2.45, 2.75) is 37.8 Å². The van der Waals surface area contributed by atoms with Crippen molar-refractivity contribution < 1.29 is 27.5 Å². The first-order valence-electron chi connectivity index (χ1n) is 14.8. The highest BCUT2D eigenvalue weighted by atomic mass is 35.5. The highest BCUT2D eigenvalue weighted by molar-refractivity contribution is 7.92. The van der Waals surface area contributed by atoms with Gasteiger partial charge in [-0.1, -0.05) is 77.3 Å². The molecule has 0 saturated heterocycles. The molecule has 0 aliphatic carbocycles. The number of benzene rings is 4. The Kier molecular flexibility index (Phi) is 12.1. The van der Waals surface area contributed by atoms with Gasteiger partial charge in [0.2, 0.25) is 11.8 Å². The number of methoxy groups -OCH3 is 2. The van der Waals surface area contributed by atoms with Crippen molar-refractivity contribution in [3.05, 3.63) is 118 Å². The van der Waals surface area contributed by atoms with Gasteiger partial charge in [0.15, 0.2) is 11.5 Å². The van der Waals surface area contributed by atoms with Gasteiger partial charge in [-0.3, -0.25) is 13.9 Å². The van der Waals surface area contributed by atoms with Crippen LogP contribution in [-0.4, -0.2) is 58.5 Å². The molecule has 4 rings (SSSR count). The average molecular weight is 699 g/mol. The van der Waals surface area contributed by atoms with Gasteiger partial charge >= 0.3 is 0 Å².